The van der Waals surface area contributed by atoms with Crippen molar-refractivity contribution >= 4 is 47.8 Å². The van der Waals surface area contributed by atoms with Gasteiger partial charge >= 0.3 is 0 Å². The standard InChI is InChI=1S/C50H69N3O6S2/c1-5-7-9-11-13-15-17-19-21-23-35-58-49-38-47-48(39-50(49)59-36-24-22-20-18-16-14-12-10-8-6-2)52-46-37-42(29-34-45(46)51-47)53(60(54,55)43-30-25-40(3)26-31-43)61(56,57)44-32-27-41(4)28-33-44/h25-34,37-39H,5-24,35-36H2,1-4H3. The molecule has 5 aromatic rings. The molecule has 0 amide bonds. The van der Waals surface area contributed by atoms with Gasteiger partial charge in [0, 0.05) is 12.1 Å². The number of ether oxygens (including phenoxy) is 2. The summed E-state index contributed by atoms with van der Waals surface area (Å²) in [4.78, 5) is 9.51. The van der Waals surface area contributed by atoms with E-state index in [1.807, 2.05) is 26.0 Å². The molecule has 0 bridgehead atoms. The van der Waals surface area contributed by atoms with Gasteiger partial charge < -0.3 is 9.47 Å². The predicted octanol–water partition coefficient (Wildman–Crippen LogP) is 13.6. The van der Waals surface area contributed by atoms with Crippen molar-refractivity contribution in [3.8, 4) is 11.5 Å². The van der Waals surface area contributed by atoms with E-state index in [-0.39, 0.29) is 15.5 Å². The van der Waals surface area contributed by atoms with Crippen LogP contribution in [0.2, 0.25) is 0 Å². The van der Waals surface area contributed by atoms with Crippen molar-refractivity contribution in [3.05, 3.63) is 90.0 Å². The Morgan fingerprint density at radius 2 is 0.770 bits per heavy atom. The fraction of sp³-hybridized carbons (Fsp3) is 0.520. The first-order valence-electron chi connectivity index (χ1n) is 23.0. The number of sulfonamides is 2. The average molecular weight is 872 g/mol. The van der Waals surface area contributed by atoms with Crippen LogP contribution in [0.25, 0.3) is 22.1 Å². The van der Waals surface area contributed by atoms with Crippen LogP contribution in [0.4, 0.5) is 5.69 Å². The summed E-state index contributed by atoms with van der Waals surface area (Å²) < 4.78 is 70.5. The molecule has 0 N–H and O–H groups in total. The SMILES string of the molecule is CCCCCCCCCCCCOc1cc2nc3ccc(N(S(=O)(=O)c4ccc(C)cc4)S(=O)(=O)c4ccc(C)cc4)cc3nc2cc1OCCCCCCCCCCCC. The Kier molecular flexibility index (Phi) is 19.2. The molecule has 0 aliphatic carbocycles. The van der Waals surface area contributed by atoms with Crippen molar-refractivity contribution in [2.45, 2.75) is 166 Å². The summed E-state index contributed by atoms with van der Waals surface area (Å²) in [5.41, 5.74) is 3.57. The zero-order chi connectivity index (χ0) is 43.5. The molecule has 1 aromatic heterocycles. The van der Waals surface area contributed by atoms with E-state index in [4.69, 9.17) is 19.4 Å². The Morgan fingerprint density at radius 1 is 0.426 bits per heavy atom. The van der Waals surface area contributed by atoms with Crippen LogP contribution in [0.15, 0.2) is 88.7 Å². The highest BCUT2D eigenvalue weighted by Gasteiger charge is 2.37. The molecule has 0 unspecified atom stereocenters. The molecule has 332 valence electrons. The molecule has 61 heavy (non-hydrogen) atoms. The molecule has 4 aromatic carbocycles. The van der Waals surface area contributed by atoms with Crippen LogP contribution < -0.4 is 13.2 Å². The van der Waals surface area contributed by atoms with Gasteiger partial charge in [0.15, 0.2) is 11.5 Å². The number of nitrogens with zero attached hydrogens (tertiary/aromatic N) is 3. The van der Waals surface area contributed by atoms with E-state index in [2.05, 4.69) is 13.8 Å². The maximum Gasteiger partial charge on any atom is 0.277 e. The van der Waals surface area contributed by atoms with E-state index < -0.39 is 20.0 Å². The second kappa shape index (κ2) is 24.4. The number of hydrogen-bond acceptors (Lipinski definition) is 8. The fourth-order valence-corrected chi connectivity index (χ4v) is 11.2. The lowest BCUT2D eigenvalue weighted by molar-refractivity contribution is 0.259. The summed E-state index contributed by atoms with van der Waals surface area (Å²) in [5.74, 6) is 1.21. The lowest BCUT2D eigenvalue weighted by Gasteiger charge is -2.24. The number of hydrogen-bond donors (Lipinski definition) is 0. The molecule has 0 radical (unpaired) electrons. The summed E-state index contributed by atoms with van der Waals surface area (Å²) in [6, 6.07) is 20.5. The second-order valence-electron chi connectivity index (χ2n) is 16.6. The Morgan fingerprint density at radius 3 is 1.16 bits per heavy atom. The molecule has 0 fully saturated rings. The van der Waals surface area contributed by atoms with E-state index in [0.717, 1.165) is 36.8 Å². The zero-order valence-electron chi connectivity index (χ0n) is 37.2. The van der Waals surface area contributed by atoms with Gasteiger partial charge in [0.25, 0.3) is 20.0 Å². The Bertz CT molecular complexity index is 2240. The molecular weight excluding hydrogens is 803 g/mol. The second-order valence-corrected chi connectivity index (χ2v) is 20.4. The maximum absolute atomic E-state index is 14.3. The number of aromatic nitrogens is 2. The average Bonchev–Trinajstić information content (AvgIpc) is 3.24. The van der Waals surface area contributed by atoms with Gasteiger partial charge in [-0.15, -0.1) is 0 Å². The minimum atomic E-state index is -4.60. The van der Waals surface area contributed by atoms with E-state index >= 15 is 0 Å². The molecule has 0 atom stereocenters. The number of aryl methyl sites for hydroxylation is 2. The molecule has 0 aliphatic heterocycles. The van der Waals surface area contributed by atoms with Gasteiger partial charge in [-0.25, -0.2) is 26.8 Å². The minimum absolute atomic E-state index is 0.0730. The van der Waals surface area contributed by atoms with Crippen molar-refractivity contribution in [2.24, 2.45) is 0 Å². The molecule has 11 heteroatoms. The lowest BCUT2D eigenvalue weighted by Crippen LogP contribution is -2.37. The van der Waals surface area contributed by atoms with E-state index in [1.54, 1.807) is 30.3 Å². The Balaban J connectivity index is 1.37. The molecule has 9 nitrogen and oxygen atoms in total. The van der Waals surface area contributed by atoms with Gasteiger partial charge in [-0.3, -0.25) is 0 Å². The molecule has 0 aliphatic rings. The lowest BCUT2D eigenvalue weighted by atomic mass is 10.1. The van der Waals surface area contributed by atoms with Crippen LogP contribution in [-0.4, -0.2) is 40.0 Å². The highest BCUT2D eigenvalue weighted by atomic mass is 32.3. The summed E-state index contributed by atoms with van der Waals surface area (Å²) in [6.07, 6.45) is 24.8. The van der Waals surface area contributed by atoms with Crippen molar-refractivity contribution in [1.29, 1.82) is 0 Å². The van der Waals surface area contributed by atoms with Crippen LogP contribution >= 0.6 is 0 Å². The molecular formula is C50H69N3O6S2. The van der Waals surface area contributed by atoms with Crippen molar-refractivity contribution in [2.75, 3.05) is 16.9 Å². The first-order chi connectivity index (χ1) is 29.5. The summed E-state index contributed by atoms with van der Waals surface area (Å²) in [5, 5.41) is 0. The van der Waals surface area contributed by atoms with Crippen LogP contribution in [0.5, 0.6) is 11.5 Å². The van der Waals surface area contributed by atoms with Gasteiger partial charge in [-0.05, 0) is 69.2 Å². The van der Waals surface area contributed by atoms with Crippen LogP contribution in [-0.2, 0) is 20.0 Å². The van der Waals surface area contributed by atoms with Crippen LogP contribution in [0.1, 0.15) is 153 Å². The third-order valence-electron chi connectivity index (χ3n) is 11.3. The number of unbranched alkanes of at least 4 members (excludes halogenated alkanes) is 18. The summed E-state index contributed by atoms with van der Waals surface area (Å²) in [6.45, 7) is 9.30. The predicted molar refractivity (Wildman–Crippen MR) is 251 cm³/mol. The number of anilines is 1. The van der Waals surface area contributed by atoms with Crippen LogP contribution in [0, 0.1) is 13.8 Å². The third kappa shape index (κ3) is 14.1. The van der Waals surface area contributed by atoms with Gasteiger partial charge in [-0.2, -0.15) is 3.71 Å². The number of benzene rings is 4. The molecule has 0 saturated carbocycles. The molecule has 0 spiro atoms. The van der Waals surface area contributed by atoms with Gasteiger partial charge in [0.1, 0.15) is 0 Å². The Labute approximate surface area is 366 Å². The van der Waals surface area contributed by atoms with Crippen LogP contribution in [0.3, 0.4) is 0 Å². The van der Waals surface area contributed by atoms with Crippen molar-refractivity contribution < 1.29 is 26.3 Å². The largest absolute Gasteiger partial charge is 0.490 e. The minimum Gasteiger partial charge on any atom is -0.490 e. The van der Waals surface area contributed by atoms with Crippen molar-refractivity contribution in [3.63, 3.8) is 0 Å². The van der Waals surface area contributed by atoms with E-state index in [1.165, 1.54) is 139 Å². The number of rotatable bonds is 29. The summed E-state index contributed by atoms with van der Waals surface area (Å²) >= 11 is 0. The quantitative estimate of drug-likeness (QED) is 0.0344. The van der Waals surface area contributed by atoms with E-state index in [9.17, 15) is 16.8 Å². The molecule has 5 rings (SSSR count). The van der Waals surface area contributed by atoms with Gasteiger partial charge in [-0.1, -0.05) is 165 Å². The van der Waals surface area contributed by atoms with E-state index in [0.29, 0.717) is 50.5 Å². The number of fused-ring (bicyclic) bond motifs is 2. The third-order valence-corrected chi connectivity index (χ3v) is 15.5. The van der Waals surface area contributed by atoms with Crippen molar-refractivity contribution in [1.82, 2.24) is 9.97 Å². The zero-order valence-corrected chi connectivity index (χ0v) is 38.8. The fourth-order valence-electron chi connectivity index (χ4n) is 7.57. The molecule has 1 heterocycles. The molecule has 0 saturated heterocycles. The monoisotopic (exact) mass is 871 g/mol. The first-order valence-corrected chi connectivity index (χ1v) is 25.9. The smallest absolute Gasteiger partial charge is 0.277 e. The van der Waals surface area contributed by atoms with Gasteiger partial charge in [0.2, 0.25) is 0 Å². The Hall–Kier alpha value is -4.22. The highest BCUT2D eigenvalue weighted by Crippen LogP contribution is 2.36. The summed E-state index contributed by atoms with van der Waals surface area (Å²) in [7, 11) is -9.20. The first kappa shape index (κ1) is 47.8. The topological polar surface area (TPSA) is 116 Å². The van der Waals surface area contributed by atoms with Gasteiger partial charge in [0.05, 0.1) is 50.8 Å². The highest BCUT2D eigenvalue weighted by molar-refractivity contribution is 8.10. The maximum atomic E-state index is 14.3. The normalized spacial score (nSPS) is 12.0.